The molecule has 1 aromatic carbocycles. The molecule has 1 amide bonds. The van der Waals surface area contributed by atoms with Crippen molar-refractivity contribution in [1.29, 1.82) is 0 Å². The minimum Gasteiger partial charge on any atom is -0.378 e. The third kappa shape index (κ3) is 11.4. The molecule has 0 spiro atoms. The van der Waals surface area contributed by atoms with Crippen molar-refractivity contribution in [2.75, 3.05) is 33.4 Å². The molecule has 1 aromatic heterocycles. The zero-order valence-electron chi connectivity index (χ0n) is 23.3. The minimum absolute atomic E-state index is 0.239. The first-order chi connectivity index (χ1) is 17.4. The molecule has 1 saturated heterocycles. The van der Waals surface area contributed by atoms with Gasteiger partial charge in [0, 0.05) is 50.4 Å². The fourth-order valence-corrected chi connectivity index (χ4v) is 3.78. The fourth-order valence-electron chi connectivity index (χ4n) is 3.78. The molecule has 2 N–H and O–H groups in total. The van der Waals surface area contributed by atoms with Crippen molar-refractivity contribution in [2.45, 2.75) is 79.7 Å². The van der Waals surface area contributed by atoms with Crippen LogP contribution in [0.1, 0.15) is 81.9 Å². The van der Waals surface area contributed by atoms with Crippen molar-refractivity contribution in [3.63, 3.8) is 0 Å². The summed E-state index contributed by atoms with van der Waals surface area (Å²) in [6, 6.07) is 8.11. The van der Waals surface area contributed by atoms with Crippen molar-refractivity contribution in [2.24, 2.45) is 10.7 Å². The molecule has 0 bridgehead atoms. The molecule has 3 rings (SSSR count). The molecule has 7 heteroatoms. The number of carbonyl (C=O) groups excluding carboxylic acids is 1. The van der Waals surface area contributed by atoms with Gasteiger partial charge in [-0.25, -0.2) is 9.97 Å². The van der Waals surface area contributed by atoms with Crippen molar-refractivity contribution in [3.8, 4) is 11.3 Å². The average Bonchev–Trinajstić information content (AvgIpc) is 2.91. The second-order valence-corrected chi connectivity index (χ2v) is 8.82. The molecular weight excluding hydrogens is 450 g/mol. The summed E-state index contributed by atoms with van der Waals surface area (Å²) in [5, 5.41) is 0. The van der Waals surface area contributed by atoms with Crippen LogP contribution < -0.4 is 5.73 Å². The Kier molecular flexibility index (Phi) is 16.2. The number of nitrogens with two attached hydrogens (primary N) is 1. The Morgan fingerprint density at radius 2 is 1.75 bits per heavy atom. The second kappa shape index (κ2) is 18.6. The van der Waals surface area contributed by atoms with E-state index in [1.165, 1.54) is 32.1 Å². The topological polar surface area (TPSA) is 93.7 Å². The number of benzene rings is 1. The molecule has 1 aliphatic heterocycles. The SMILES string of the molecule is CCC(=O)N1CCOCC1.CCCCCCC.CN=Cc1c(C)nc(C)nc1-c1cccc(CN)c1. The fraction of sp³-hybridized carbons (Fsp3) is 0.586. The Morgan fingerprint density at radius 3 is 2.31 bits per heavy atom. The summed E-state index contributed by atoms with van der Waals surface area (Å²) < 4.78 is 5.10. The second-order valence-electron chi connectivity index (χ2n) is 8.82. The minimum atomic E-state index is 0.239. The van der Waals surface area contributed by atoms with Crippen molar-refractivity contribution >= 4 is 12.1 Å². The number of aliphatic imine (C=N–C) groups is 1. The van der Waals surface area contributed by atoms with Gasteiger partial charge < -0.3 is 15.4 Å². The number of unbranched alkanes of at least 4 members (excludes halogenated alkanes) is 4. The summed E-state index contributed by atoms with van der Waals surface area (Å²) in [6.45, 7) is 13.7. The average molecular weight is 498 g/mol. The number of rotatable bonds is 8. The van der Waals surface area contributed by atoms with Crippen LogP contribution in [0.15, 0.2) is 29.3 Å². The maximum Gasteiger partial charge on any atom is 0.222 e. The molecule has 1 aliphatic rings. The lowest BCUT2D eigenvalue weighted by atomic mass is 10.0. The van der Waals surface area contributed by atoms with Gasteiger partial charge >= 0.3 is 0 Å². The summed E-state index contributed by atoms with van der Waals surface area (Å²) in [7, 11) is 1.75. The Balaban J connectivity index is 0.000000318. The number of hydrogen-bond donors (Lipinski definition) is 1. The first-order valence-corrected chi connectivity index (χ1v) is 13.3. The summed E-state index contributed by atoms with van der Waals surface area (Å²) in [5.41, 5.74) is 10.6. The predicted octanol–water partition coefficient (Wildman–Crippen LogP) is 5.50. The van der Waals surface area contributed by atoms with Crippen LogP contribution in [0.2, 0.25) is 0 Å². The van der Waals surface area contributed by atoms with Crippen LogP contribution in [0, 0.1) is 13.8 Å². The Bertz CT molecular complexity index is 920. The van der Waals surface area contributed by atoms with Crippen molar-refractivity contribution < 1.29 is 9.53 Å². The zero-order chi connectivity index (χ0) is 26.8. The molecule has 0 radical (unpaired) electrons. The van der Waals surface area contributed by atoms with E-state index in [1.807, 2.05) is 43.9 Å². The highest BCUT2D eigenvalue weighted by Crippen LogP contribution is 2.23. The molecule has 200 valence electrons. The number of aromatic nitrogens is 2. The number of ether oxygens (including phenoxy) is 1. The molecule has 2 heterocycles. The van der Waals surface area contributed by atoms with Crippen LogP contribution in [0.4, 0.5) is 0 Å². The Labute approximate surface area is 218 Å². The monoisotopic (exact) mass is 497 g/mol. The third-order valence-corrected chi connectivity index (χ3v) is 5.82. The van der Waals surface area contributed by atoms with Gasteiger partial charge in [0.2, 0.25) is 5.91 Å². The number of morpholine rings is 1. The Hall–Kier alpha value is -2.64. The van der Waals surface area contributed by atoms with E-state index in [0.29, 0.717) is 26.2 Å². The van der Waals surface area contributed by atoms with E-state index in [2.05, 4.69) is 34.9 Å². The zero-order valence-corrected chi connectivity index (χ0v) is 23.3. The van der Waals surface area contributed by atoms with Gasteiger partial charge in [-0.15, -0.1) is 0 Å². The van der Waals surface area contributed by atoms with Gasteiger partial charge in [-0.2, -0.15) is 0 Å². The number of aryl methyl sites for hydroxylation is 2. The van der Waals surface area contributed by atoms with Gasteiger partial charge in [-0.1, -0.05) is 71.1 Å². The quantitative estimate of drug-likeness (QED) is 0.384. The van der Waals surface area contributed by atoms with E-state index in [0.717, 1.165) is 47.0 Å². The van der Waals surface area contributed by atoms with E-state index in [4.69, 9.17) is 10.5 Å². The maximum atomic E-state index is 11.0. The summed E-state index contributed by atoms with van der Waals surface area (Å²) in [5.74, 6) is 1.00. The van der Waals surface area contributed by atoms with Crippen molar-refractivity contribution in [3.05, 3.63) is 46.9 Å². The molecule has 7 nitrogen and oxygen atoms in total. The number of amides is 1. The van der Waals surface area contributed by atoms with E-state index >= 15 is 0 Å². The summed E-state index contributed by atoms with van der Waals surface area (Å²) in [6.07, 6.45) is 9.42. The first kappa shape index (κ1) is 31.4. The number of hydrogen-bond acceptors (Lipinski definition) is 6. The van der Waals surface area contributed by atoms with Crippen LogP contribution in [0.3, 0.4) is 0 Å². The van der Waals surface area contributed by atoms with Crippen LogP contribution in [0.5, 0.6) is 0 Å². The van der Waals surface area contributed by atoms with Crippen LogP contribution in [0.25, 0.3) is 11.3 Å². The lowest BCUT2D eigenvalue weighted by Gasteiger charge is -2.26. The van der Waals surface area contributed by atoms with Gasteiger partial charge in [0.1, 0.15) is 5.82 Å². The van der Waals surface area contributed by atoms with Crippen LogP contribution >= 0.6 is 0 Å². The van der Waals surface area contributed by atoms with E-state index in [1.54, 1.807) is 13.3 Å². The van der Waals surface area contributed by atoms with E-state index < -0.39 is 0 Å². The molecule has 1 fully saturated rings. The normalized spacial score (nSPS) is 13.0. The smallest absolute Gasteiger partial charge is 0.222 e. The summed E-state index contributed by atoms with van der Waals surface area (Å²) in [4.78, 5) is 25.9. The molecule has 0 saturated carbocycles. The van der Waals surface area contributed by atoms with Gasteiger partial charge in [-0.3, -0.25) is 9.79 Å². The molecule has 2 aromatic rings. The van der Waals surface area contributed by atoms with E-state index in [9.17, 15) is 4.79 Å². The van der Waals surface area contributed by atoms with Crippen LogP contribution in [-0.2, 0) is 16.1 Å². The lowest BCUT2D eigenvalue weighted by molar-refractivity contribution is -0.134. The van der Waals surface area contributed by atoms with Gasteiger partial charge in [-0.05, 0) is 25.5 Å². The Morgan fingerprint density at radius 1 is 1.08 bits per heavy atom. The number of carbonyl (C=O) groups is 1. The largest absolute Gasteiger partial charge is 0.378 e. The van der Waals surface area contributed by atoms with Crippen molar-refractivity contribution in [1.82, 2.24) is 14.9 Å². The maximum absolute atomic E-state index is 11.0. The molecular formula is C29H47N5O2. The summed E-state index contributed by atoms with van der Waals surface area (Å²) >= 11 is 0. The predicted molar refractivity (Wildman–Crippen MR) is 150 cm³/mol. The lowest BCUT2D eigenvalue weighted by Crippen LogP contribution is -2.40. The van der Waals surface area contributed by atoms with Gasteiger partial charge in [0.15, 0.2) is 0 Å². The number of nitrogens with zero attached hydrogens (tertiary/aromatic N) is 4. The highest BCUT2D eigenvalue weighted by molar-refractivity contribution is 5.90. The molecule has 0 atom stereocenters. The van der Waals surface area contributed by atoms with Gasteiger partial charge in [0.05, 0.1) is 24.6 Å². The standard InChI is InChI=1S/C15H18N4.C7H13NO2.C7H16/c1-10-14(9-17-3)15(19-11(2)18-10)13-6-4-5-12(7-13)8-16;1-2-7(9)8-3-5-10-6-4-8;1-3-5-7-6-4-2/h4-7,9H,8,16H2,1-3H3;2-6H2,1H3;3-7H2,1-2H3. The van der Waals surface area contributed by atoms with E-state index in [-0.39, 0.29) is 5.91 Å². The highest BCUT2D eigenvalue weighted by Gasteiger charge is 2.14. The highest BCUT2D eigenvalue weighted by atomic mass is 16.5. The van der Waals surface area contributed by atoms with Gasteiger partial charge in [0.25, 0.3) is 0 Å². The molecule has 0 unspecified atom stereocenters. The third-order valence-electron chi connectivity index (χ3n) is 5.82. The molecule has 36 heavy (non-hydrogen) atoms. The molecule has 0 aliphatic carbocycles. The van der Waals surface area contributed by atoms with Crippen LogP contribution in [-0.4, -0.2) is 60.3 Å². The first-order valence-electron chi connectivity index (χ1n) is 13.3.